The number of carbonyl (C=O) groups excluding carboxylic acids is 1. The van der Waals surface area contributed by atoms with Crippen molar-refractivity contribution in [2.75, 3.05) is 5.32 Å². The lowest BCUT2D eigenvalue weighted by molar-refractivity contribution is -0.116. The van der Waals surface area contributed by atoms with Gasteiger partial charge in [-0.05, 0) is 38.1 Å². The molecule has 0 atom stereocenters. The van der Waals surface area contributed by atoms with Gasteiger partial charge in [-0.1, -0.05) is 64.8 Å². The van der Waals surface area contributed by atoms with E-state index in [1.807, 2.05) is 86.6 Å². The lowest BCUT2D eigenvalue weighted by atomic mass is 10.1. The first-order valence-electron chi connectivity index (χ1n) is 10.1. The fourth-order valence-electron chi connectivity index (χ4n) is 3.00. The van der Waals surface area contributed by atoms with E-state index in [4.69, 9.17) is 9.26 Å². The molecule has 0 fully saturated rings. The number of hydrogen-bond donors (Lipinski definition) is 1. The van der Waals surface area contributed by atoms with Gasteiger partial charge in [0, 0.05) is 18.4 Å². The molecule has 6 heteroatoms. The largest absolute Gasteiger partial charge is 0.455 e. The molecule has 0 aliphatic carbocycles. The van der Waals surface area contributed by atoms with E-state index in [-0.39, 0.29) is 12.3 Å². The minimum atomic E-state index is -0.157. The van der Waals surface area contributed by atoms with Crippen LogP contribution in [0.4, 0.5) is 5.69 Å². The SMILES string of the molecule is Cc1ccc(Oc2ccccc2NC(=O)CCc2nc(-c3ccc(C)cc3)no2)cc1. The lowest BCUT2D eigenvalue weighted by Gasteiger charge is -2.12. The van der Waals surface area contributed by atoms with E-state index in [1.54, 1.807) is 0 Å². The van der Waals surface area contributed by atoms with Gasteiger partial charge in [-0.2, -0.15) is 4.98 Å². The van der Waals surface area contributed by atoms with Crippen molar-refractivity contribution in [1.82, 2.24) is 10.1 Å². The number of nitrogens with one attached hydrogen (secondary N) is 1. The standard InChI is InChI=1S/C25H23N3O3/c1-17-7-11-19(12-8-17)25-27-24(31-28-25)16-15-23(29)26-21-5-3-4-6-22(21)30-20-13-9-18(2)10-14-20/h3-14H,15-16H2,1-2H3,(H,26,29). The molecule has 1 aromatic heterocycles. The molecule has 31 heavy (non-hydrogen) atoms. The highest BCUT2D eigenvalue weighted by Crippen LogP contribution is 2.29. The first-order valence-corrected chi connectivity index (χ1v) is 10.1. The van der Waals surface area contributed by atoms with Gasteiger partial charge in [0.15, 0.2) is 5.75 Å². The van der Waals surface area contributed by atoms with E-state index < -0.39 is 0 Å². The van der Waals surface area contributed by atoms with Crippen LogP contribution in [0.15, 0.2) is 77.3 Å². The van der Waals surface area contributed by atoms with Gasteiger partial charge in [0.25, 0.3) is 0 Å². The Balaban J connectivity index is 1.36. The zero-order valence-corrected chi connectivity index (χ0v) is 17.5. The quantitative estimate of drug-likeness (QED) is 0.419. The molecule has 0 unspecified atom stereocenters. The van der Waals surface area contributed by atoms with E-state index in [1.165, 1.54) is 0 Å². The third-order valence-corrected chi connectivity index (χ3v) is 4.75. The molecule has 156 valence electrons. The van der Waals surface area contributed by atoms with Gasteiger partial charge in [0.2, 0.25) is 17.6 Å². The molecule has 0 saturated carbocycles. The fourth-order valence-corrected chi connectivity index (χ4v) is 3.00. The van der Waals surface area contributed by atoms with Crippen molar-refractivity contribution in [3.8, 4) is 22.9 Å². The summed E-state index contributed by atoms with van der Waals surface area (Å²) < 4.78 is 11.2. The number of aryl methyl sites for hydroxylation is 3. The van der Waals surface area contributed by atoms with Crippen molar-refractivity contribution in [2.24, 2.45) is 0 Å². The second kappa shape index (κ2) is 9.26. The molecule has 4 aromatic rings. The van der Waals surface area contributed by atoms with E-state index in [0.717, 1.165) is 16.7 Å². The van der Waals surface area contributed by atoms with Crippen molar-refractivity contribution >= 4 is 11.6 Å². The smallest absolute Gasteiger partial charge is 0.227 e. The second-order valence-corrected chi connectivity index (χ2v) is 7.34. The predicted octanol–water partition coefficient (Wildman–Crippen LogP) is 5.72. The molecule has 1 N–H and O–H groups in total. The van der Waals surface area contributed by atoms with Gasteiger partial charge in [0.1, 0.15) is 5.75 Å². The number of benzene rings is 3. The second-order valence-electron chi connectivity index (χ2n) is 7.34. The molecule has 0 aliphatic rings. The molecular formula is C25H23N3O3. The van der Waals surface area contributed by atoms with Gasteiger partial charge in [0.05, 0.1) is 5.69 Å². The van der Waals surface area contributed by atoms with Gasteiger partial charge in [-0.25, -0.2) is 0 Å². The van der Waals surface area contributed by atoms with Crippen molar-refractivity contribution in [2.45, 2.75) is 26.7 Å². The first-order chi connectivity index (χ1) is 15.1. The van der Waals surface area contributed by atoms with Crippen LogP contribution in [-0.2, 0) is 11.2 Å². The van der Waals surface area contributed by atoms with Crippen LogP contribution >= 0.6 is 0 Å². The van der Waals surface area contributed by atoms with Gasteiger partial charge < -0.3 is 14.6 Å². The molecule has 0 spiro atoms. The Morgan fingerprint density at radius 1 is 0.935 bits per heavy atom. The number of aromatic nitrogens is 2. The Morgan fingerprint density at radius 3 is 2.35 bits per heavy atom. The Kier molecular flexibility index (Phi) is 6.08. The van der Waals surface area contributed by atoms with Gasteiger partial charge in [-0.3, -0.25) is 4.79 Å². The number of nitrogens with zero attached hydrogens (tertiary/aromatic N) is 2. The summed E-state index contributed by atoms with van der Waals surface area (Å²) in [5, 5.41) is 6.91. The molecule has 6 nitrogen and oxygen atoms in total. The minimum Gasteiger partial charge on any atom is -0.455 e. The highest BCUT2D eigenvalue weighted by atomic mass is 16.5. The van der Waals surface area contributed by atoms with Crippen LogP contribution < -0.4 is 10.1 Å². The van der Waals surface area contributed by atoms with Crippen LogP contribution in [-0.4, -0.2) is 16.0 Å². The molecule has 1 amide bonds. The summed E-state index contributed by atoms with van der Waals surface area (Å²) in [7, 11) is 0. The molecule has 3 aromatic carbocycles. The third kappa shape index (κ3) is 5.36. The summed E-state index contributed by atoms with van der Waals surface area (Å²) in [6.45, 7) is 4.04. The maximum Gasteiger partial charge on any atom is 0.227 e. The molecule has 4 rings (SSSR count). The number of rotatable bonds is 7. The number of para-hydroxylation sites is 2. The van der Waals surface area contributed by atoms with E-state index in [0.29, 0.717) is 35.3 Å². The summed E-state index contributed by atoms with van der Waals surface area (Å²) in [5.41, 5.74) is 3.81. The zero-order valence-electron chi connectivity index (χ0n) is 17.5. The van der Waals surface area contributed by atoms with E-state index in [2.05, 4.69) is 15.5 Å². The highest BCUT2D eigenvalue weighted by Gasteiger charge is 2.13. The van der Waals surface area contributed by atoms with Crippen LogP contribution in [0.3, 0.4) is 0 Å². The van der Waals surface area contributed by atoms with Crippen LogP contribution in [0.2, 0.25) is 0 Å². The molecule has 1 heterocycles. The van der Waals surface area contributed by atoms with E-state index in [9.17, 15) is 4.79 Å². The minimum absolute atomic E-state index is 0.157. The van der Waals surface area contributed by atoms with Crippen LogP contribution in [0.25, 0.3) is 11.4 Å². The number of ether oxygens (including phenoxy) is 1. The first kappa shape index (κ1) is 20.3. The monoisotopic (exact) mass is 413 g/mol. The Hall–Kier alpha value is -3.93. The molecule has 0 bridgehead atoms. The zero-order chi connectivity index (χ0) is 21.6. The highest BCUT2D eigenvalue weighted by molar-refractivity contribution is 5.92. The Morgan fingerprint density at radius 2 is 1.61 bits per heavy atom. The van der Waals surface area contributed by atoms with Crippen molar-refractivity contribution < 1.29 is 14.1 Å². The normalized spacial score (nSPS) is 10.6. The topological polar surface area (TPSA) is 77.2 Å². The maximum atomic E-state index is 12.5. The lowest BCUT2D eigenvalue weighted by Crippen LogP contribution is -2.13. The number of amides is 1. The molecule has 0 saturated heterocycles. The molecule has 0 aliphatic heterocycles. The molecule has 0 radical (unpaired) electrons. The van der Waals surface area contributed by atoms with Crippen LogP contribution in [0.5, 0.6) is 11.5 Å². The maximum absolute atomic E-state index is 12.5. The molecular weight excluding hydrogens is 390 g/mol. The average molecular weight is 413 g/mol. The number of carbonyl (C=O) groups is 1. The summed E-state index contributed by atoms with van der Waals surface area (Å²) in [6, 6.07) is 23.0. The Labute approximate surface area is 180 Å². The summed E-state index contributed by atoms with van der Waals surface area (Å²) in [6.07, 6.45) is 0.570. The summed E-state index contributed by atoms with van der Waals surface area (Å²) >= 11 is 0. The number of hydrogen-bond acceptors (Lipinski definition) is 5. The van der Waals surface area contributed by atoms with Crippen LogP contribution in [0.1, 0.15) is 23.4 Å². The third-order valence-electron chi connectivity index (χ3n) is 4.75. The van der Waals surface area contributed by atoms with Crippen molar-refractivity contribution in [3.05, 3.63) is 89.8 Å². The predicted molar refractivity (Wildman–Crippen MR) is 119 cm³/mol. The summed E-state index contributed by atoms with van der Waals surface area (Å²) in [4.78, 5) is 16.9. The fraction of sp³-hybridized carbons (Fsp3) is 0.160. The number of anilines is 1. The van der Waals surface area contributed by atoms with Crippen molar-refractivity contribution in [1.29, 1.82) is 0 Å². The van der Waals surface area contributed by atoms with E-state index >= 15 is 0 Å². The Bertz CT molecular complexity index is 1170. The average Bonchev–Trinajstić information content (AvgIpc) is 3.25. The van der Waals surface area contributed by atoms with Crippen LogP contribution in [0, 0.1) is 13.8 Å². The van der Waals surface area contributed by atoms with Gasteiger partial charge in [-0.15, -0.1) is 0 Å². The van der Waals surface area contributed by atoms with Gasteiger partial charge >= 0.3 is 0 Å². The summed E-state index contributed by atoms with van der Waals surface area (Å²) in [5.74, 6) is 2.08. The van der Waals surface area contributed by atoms with Crippen molar-refractivity contribution in [3.63, 3.8) is 0 Å².